The van der Waals surface area contributed by atoms with Crippen molar-refractivity contribution in [3.8, 4) is 11.5 Å². The molecular formula is C16H27NO2. The maximum atomic E-state index is 9.80. The van der Waals surface area contributed by atoms with Gasteiger partial charge in [-0.3, -0.25) is 0 Å². The van der Waals surface area contributed by atoms with Crippen LogP contribution in [0.5, 0.6) is 11.5 Å². The largest absolute Gasteiger partial charge is 0.507 e. The number of unbranched alkanes of at least 4 members (excludes halogenated alkanes) is 5. The topological polar surface area (TPSA) is 41.5 Å². The van der Waals surface area contributed by atoms with Crippen LogP contribution in [0.15, 0.2) is 18.2 Å². The molecule has 0 saturated carbocycles. The van der Waals surface area contributed by atoms with E-state index in [1.54, 1.807) is 13.2 Å². The van der Waals surface area contributed by atoms with Crippen molar-refractivity contribution in [2.75, 3.05) is 13.7 Å². The van der Waals surface area contributed by atoms with E-state index in [1.165, 1.54) is 38.5 Å². The molecule has 0 aliphatic rings. The number of nitrogens with one attached hydrogen (secondary N) is 1. The third kappa shape index (κ3) is 6.48. The third-order valence-corrected chi connectivity index (χ3v) is 3.32. The van der Waals surface area contributed by atoms with Crippen LogP contribution in [0.25, 0.3) is 0 Å². The van der Waals surface area contributed by atoms with Crippen molar-refractivity contribution in [1.29, 1.82) is 0 Å². The Balaban J connectivity index is 2.12. The number of aromatic hydroxyl groups is 1. The van der Waals surface area contributed by atoms with Crippen LogP contribution in [0, 0.1) is 0 Å². The highest BCUT2D eigenvalue weighted by atomic mass is 16.5. The molecule has 0 aliphatic carbocycles. The summed E-state index contributed by atoms with van der Waals surface area (Å²) in [6.07, 6.45) is 7.85. The Morgan fingerprint density at radius 2 is 1.84 bits per heavy atom. The molecule has 1 aromatic rings. The number of methoxy groups -OCH3 is 1. The fourth-order valence-electron chi connectivity index (χ4n) is 2.07. The first-order valence-corrected chi connectivity index (χ1v) is 7.34. The highest BCUT2D eigenvalue weighted by molar-refractivity contribution is 5.39. The van der Waals surface area contributed by atoms with Crippen molar-refractivity contribution in [3.05, 3.63) is 23.8 Å². The Kier molecular flexibility index (Phi) is 8.07. The molecule has 0 atom stereocenters. The highest BCUT2D eigenvalue weighted by Gasteiger charge is 2.02. The summed E-state index contributed by atoms with van der Waals surface area (Å²) in [4.78, 5) is 0. The second kappa shape index (κ2) is 9.68. The Morgan fingerprint density at radius 1 is 1.11 bits per heavy atom. The van der Waals surface area contributed by atoms with Gasteiger partial charge in [-0.1, -0.05) is 45.1 Å². The lowest BCUT2D eigenvalue weighted by molar-refractivity contribution is 0.406. The molecule has 0 heterocycles. The predicted molar refractivity (Wildman–Crippen MR) is 79.7 cm³/mol. The van der Waals surface area contributed by atoms with Gasteiger partial charge in [-0.05, 0) is 19.0 Å². The van der Waals surface area contributed by atoms with Crippen LogP contribution in [0.1, 0.15) is 51.0 Å². The fourth-order valence-corrected chi connectivity index (χ4v) is 2.07. The van der Waals surface area contributed by atoms with Gasteiger partial charge in [0.25, 0.3) is 0 Å². The lowest BCUT2D eigenvalue weighted by atomic mass is 10.1. The summed E-state index contributed by atoms with van der Waals surface area (Å²) in [7, 11) is 1.60. The molecular weight excluding hydrogens is 238 g/mol. The molecule has 0 amide bonds. The van der Waals surface area contributed by atoms with E-state index in [9.17, 15) is 5.11 Å². The summed E-state index contributed by atoms with van der Waals surface area (Å²) in [5, 5.41) is 13.2. The molecule has 0 bridgehead atoms. The van der Waals surface area contributed by atoms with Crippen LogP contribution in [0.4, 0.5) is 0 Å². The second-order valence-electron chi connectivity index (χ2n) is 4.94. The lowest BCUT2D eigenvalue weighted by Gasteiger charge is -2.08. The van der Waals surface area contributed by atoms with Gasteiger partial charge in [-0.15, -0.1) is 0 Å². The maximum Gasteiger partial charge on any atom is 0.123 e. The molecule has 108 valence electrons. The Hall–Kier alpha value is -1.22. The van der Waals surface area contributed by atoms with Gasteiger partial charge in [0, 0.05) is 18.2 Å². The predicted octanol–water partition coefficient (Wildman–Crippen LogP) is 3.85. The lowest BCUT2D eigenvalue weighted by Crippen LogP contribution is -2.14. The smallest absolute Gasteiger partial charge is 0.123 e. The van der Waals surface area contributed by atoms with Crippen LogP contribution < -0.4 is 10.1 Å². The molecule has 3 nitrogen and oxygen atoms in total. The van der Waals surface area contributed by atoms with E-state index in [0.717, 1.165) is 12.1 Å². The summed E-state index contributed by atoms with van der Waals surface area (Å²) >= 11 is 0. The van der Waals surface area contributed by atoms with Crippen LogP contribution in [0.2, 0.25) is 0 Å². The average molecular weight is 265 g/mol. The Morgan fingerprint density at radius 3 is 2.53 bits per heavy atom. The SMILES string of the molecule is CCCCCCCCNCc1ccc(OC)cc1O. The van der Waals surface area contributed by atoms with Gasteiger partial charge in [-0.25, -0.2) is 0 Å². The molecule has 19 heavy (non-hydrogen) atoms. The van der Waals surface area contributed by atoms with Crippen LogP contribution >= 0.6 is 0 Å². The van der Waals surface area contributed by atoms with Crippen LogP contribution in [-0.2, 0) is 6.54 Å². The number of rotatable bonds is 10. The van der Waals surface area contributed by atoms with E-state index in [0.29, 0.717) is 18.0 Å². The molecule has 3 heteroatoms. The first-order chi connectivity index (χ1) is 9.27. The van der Waals surface area contributed by atoms with Crippen LogP contribution in [0.3, 0.4) is 0 Å². The highest BCUT2D eigenvalue weighted by Crippen LogP contribution is 2.23. The van der Waals surface area contributed by atoms with Gasteiger partial charge in [0.2, 0.25) is 0 Å². The number of ether oxygens (including phenoxy) is 1. The minimum atomic E-state index is 0.301. The van der Waals surface area contributed by atoms with Gasteiger partial charge < -0.3 is 15.2 Å². The standard InChI is InChI=1S/C16H27NO2/c1-3-4-5-6-7-8-11-17-13-14-9-10-15(19-2)12-16(14)18/h9-10,12,17-18H,3-8,11,13H2,1-2H3. The van der Waals surface area contributed by atoms with Crippen molar-refractivity contribution < 1.29 is 9.84 Å². The van der Waals surface area contributed by atoms with Gasteiger partial charge >= 0.3 is 0 Å². The summed E-state index contributed by atoms with van der Waals surface area (Å²) in [6.45, 7) is 3.96. The number of phenolic OH excluding ortho intramolecular Hbond substituents is 1. The van der Waals surface area contributed by atoms with E-state index >= 15 is 0 Å². The number of benzene rings is 1. The average Bonchev–Trinajstić information content (AvgIpc) is 2.43. The minimum absolute atomic E-state index is 0.301. The number of hydrogen-bond donors (Lipinski definition) is 2. The van der Waals surface area contributed by atoms with Crippen molar-refractivity contribution in [3.63, 3.8) is 0 Å². The Bertz CT molecular complexity index is 353. The third-order valence-electron chi connectivity index (χ3n) is 3.32. The van der Waals surface area contributed by atoms with Crippen molar-refractivity contribution in [2.45, 2.75) is 52.0 Å². The Labute approximate surface area is 117 Å². The van der Waals surface area contributed by atoms with E-state index in [2.05, 4.69) is 12.2 Å². The zero-order chi connectivity index (χ0) is 13.9. The van der Waals surface area contributed by atoms with Crippen molar-refractivity contribution in [1.82, 2.24) is 5.32 Å². The molecule has 0 spiro atoms. The molecule has 1 rings (SSSR count). The molecule has 0 aliphatic heterocycles. The molecule has 0 fully saturated rings. The van der Waals surface area contributed by atoms with E-state index in [-0.39, 0.29) is 0 Å². The van der Waals surface area contributed by atoms with Crippen molar-refractivity contribution >= 4 is 0 Å². The summed E-state index contributed by atoms with van der Waals surface area (Å²) < 4.78 is 5.06. The van der Waals surface area contributed by atoms with E-state index in [1.807, 2.05) is 12.1 Å². The maximum absolute atomic E-state index is 9.80. The van der Waals surface area contributed by atoms with Crippen LogP contribution in [-0.4, -0.2) is 18.8 Å². The van der Waals surface area contributed by atoms with Gasteiger partial charge in [-0.2, -0.15) is 0 Å². The monoisotopic (exact) mass is 265 g/mol. The number of phenols is 1. The van der Waals surface area contributed by atoms with Gasteiger partial charge in [0.1, 0.15) is 11.5 Å². The first-order valence-electron chi connectivity index (χ1n) is 7.34. The van der Waals surface area contributed by atoms with Gasteiger partial charge in [0.05, 0.1) is 7.11 Å². The van der Waals surface area contributed by atoms with Crippen molar-refractivity contribution in [2.24, 2.45) is 0 Å². The fraction of sp³-hybridized carbons (Fsp3) is 0.625. The van der Waals surface area contributed by atoms with E-state index < -0.39 is 0 Å². The number of hydrogen-bond acceptors (Lipinski definition) is 3. The van der Waals surface area contributed by atoms with Gasteiger partial charge in [0.15, 0.2) is 0 Å². The quantitative estimate of drug-likeness (QED) is 0.631. The molecule has 0 unspecified atom stereocenters. The molecule has 2 N–H and O–H groups in total. The second-order valence-corrected chi connectivity index (χ2v) is 4.94. The molecule has 0 radical (unpaired) electrons. The zero-order valence-electron chi connectivity index (χ0n) is 12.2. The first kappa shape index (κ1) is 15.8. The van der Waals surface area contributed by atoms with E-state index in [4.69, 9.17) is 4.74 Å². The molecule has 0 saturated heterocycles. The summed E-state index contributed by atoms with van der Waals surface area (Å²) in [6, 6.07) is 5.44. The molecule has 1 aromatic carbocycles. The summed E-state index contributed by atoms with van der Waals surface area (Å²) in [5.41, 5.74) is 0.923. The summed E-state index contributed by atoms with van der Waals surface area (Å²) in [5.74, 6) is 0.993. The minimum Gasteiger partial charge on any atom is -0.507 e. The molecule has 0 aromatic heterocycles. The normalized spacial score (nSPS) is 10.6. The zero-order valence-corrected chi connectivity index (χ0v) is 12.2.